The number of pyridine rings is 1. The maximum Gasteiger partial charge on any atom is 0.256 e. The number of rotatable bonds is 3. The number of hydrogen-bond acceptors (Lipinski definition) is 6. The molecule has 3 heterocycles. The molecule has 0 bridgehead atoms. The van der Waals surface area contributed by atoms with Crippen LogP contribution >= 0.6 is 0 Å². The molecular formula is C18H17N5O2. The van der Waals surface area contributed by atoms with E-state index in [-0.39, 0.29) is 12.2 Å². The van der Waals surface area contributed by atoms with Gasteiger partial charge in [-0.25, -0.2) is 9.97 Å². The molecule has 1 aliphatic rings. The first kappa shape index (κ1) is 15.2. The lowest BCUT2D eigenvalue weighted by Gasteiger charge is -2.10. The molecule has 2 aromatic heterocycles. The fourth-order valence-corrected chi connectivity index (χ4v) is 2.84. The SMILES string of the molecule is Nc1ncccc1CNc1nc2c(c(=O)[nH]1)Cc1ccccc1OC2. The van der Waals surface area contributed by atoms with Crippen molar-refractivity contribution in [3.8, 4) is 5.75 Å². The lowest BCUT2D eigenvalue weighted by Crippen LogP contribution is -2.20. The number of nitrogens with one attached hydrogen (secondary N) is 2. The minimum Gasteiger partial charge on any atom is -0.487 e. The van der Waals surface area contributed by atoms with E-state index in [1.54, 1.807) is 6.20 Å². The Labute approximate surface area is 143 Å². The van der Waals surface area contributed by atoms with Gasteiger partial charge in [0.1, 0.15) is 18.2 Å². The number of hydrogen-bond donors (Lipinski definition) is 3. The highest BCUT2D eigenvalue weighted by Crippen LogP contribution is 2.26. The summed E-state index contributed by atoms with van der Waals surface area (Å²) in [6.45, 7) is 0.683. The molecule has 0 spiro atoms. The number of nitrogens with zero attached hydrogens (tertiary/aromatic N) is 2. The molecule has 0 radical (unpaired) electrons. The van der Waals surface area contributed by atoms with Crippen LogP contribution in [0.2, 0.25) is 0 Å². The van der Waals surface area contributed by atoms with Gasteiger partial charge < -0.3 is 15.8 Å². The van der Waals surface area contributed by atoms with Gasteiger partial charge in [0.05, 0.1) is 5.69 Å². The van der Waals surface area contributed by atoms with Gasteiger partial charge >= 0.3 is 0 Å². The van der Waals surface area contributed by atoms with Crippen LogP contribution in [0.4, 0.5) is 11.8 Å². The van der Waals surface area contributed by atoms with Crippen molar-refractivity contribution in [2.24, 2.45) is 0 Å². The van der Waals surface area contributed by atoms with E-state index in [9.17, 15) is 4.79 Å². The first-order valence-corrected chi connectivity index (χ1v) is 7.97. The van der Waals surface area contributed by atoms with Crippen molar-refractivity contribution in [3.05, 3.63) is 75.3 Å². The predicted octanol–water partition coefficient (Wildman–Crippen LogP) is 1.84. The number of para-hydroxylation sites is 1. The second-order valence-corrected chi connectivity index (χ2v) is 5.81. The quantitative estimate of drug-likeness (QED) is 0.674. The van der Waals surface area contributed by atoms with Crippen molar-refractivity contribution in [1.29, 1.82) is 0 Å². The molecule has 0 aliphatic carbocycles. The Morgan fingerprint density at radius 2 is 2.12 bits per heavy atom. The van der Waals surface area contributed by atoms with Crippen molar-refractivity contribution in [3.63, 3.8) is 0 Å². The Hall–Kier alpha value is -3.35. The highest BCUT2D eigenvalue weighted by Gasteiger charge is 2.18. The van der Waals surface area contributed by atoms with Crippen molar-refractivity contribution in [2.75, 3.05) is 11.1 Å². The number of nitrogens with two attached hydrogens (primary N) is 1. The Bertz CT molecular complexity index is 983. The molecule has 0 unspecified atom stereocenters. The Balaban J connectivity index is 1.60. The van der Waals surface area contributed by atoms with Gasteiger partial charge in [-0.15, -0.1) is 0 Å². The topological polar surface area (TPSA) is 106 Å². The van der Waals surface area contributed by atoms with E-state index in [0.717, 1.165) is 16.9 Å². The van der Waals surface area contributed by atoms with Gasteiger partial charge in [0, 0.05) is 30.3 Å². The summed E-state index contributed by atoms with van der Waals surface area (Å²) in [5.74, 6) is 1.63. The fraction of sp³-hybridized carbons (Fsp3) is 0.167. The van der Waals surface area contributed by atoms with Crippen LogP contribution in [0.25, 0.3) is 0 Å². The van der Waals surface area contributed by atoms with Gasteiger partial charge in [0.25, 0.3) is 5.56 Å². The van der Waals surface area contributed by atoms with Crippen molar-refractivity contribution >= 4 is 11.8 Å². The molecule has 0 fully saturated rings. The van der Waals surface area contributed by atoms with Crippen molar-refractivity contribution in [1.82, 2.24) is 15.0 Å². The maximum absolute atomic E-state index is 12.5. The number of aromatic amines is 1. The number of aromatic nitrogens is 3. The third-order valence-electron chi connectivity index (χ3n) is 4.18. The zero-order valence-electron chi connectivity index (χ0n) is 13.5. The summed E-state index contributed by atoms with van der Waals surface area (Å²) in [5, 5.41) is 3.09. The fourth-order valence-electron chi connectivity index (χ4n) is 2.84. The first-order chi connectivity index (χ1) is 12.2. The minimum atomic E-state index is -0.160. The molecule has 1 aliphatic heterocycles. The van der Waals surface area contributed by atoms with E-state index in [1.807, 2.05) is 36.4 Å². The molecular weight excluding hydrogens is 318 g/mol. The average molecular weight is 335 g/mol. The van der Waals surface area contributed by atoms with Crippen LogP contribution < -0.4 is 21.3 Å². The maximum atomic E-state index is 12.5. The van der Waals surface area contributed by atoms with Crippen LogP contribution in [0, 0.1) is 0 Å². The second-order valence-electron chi connectivity index (χ2n) is 5.81. The summed E-state index contributed by atoms with van der Waals surface area (Å²) in [5.41, 5.74) is 8.77. The smallest absolute Gasteiger partial charge is 0.256 e. The highest BCUT2D eigenvalue weighted by molar-refractivity contribution is 5.43. The molecule has 0 saturated heterocycles. The lowest BCUT2D eigenvalue weighted by atomic mass is 10.1. The molecule has 0 saturated carbocycles. The molecule has 7 nitrogen and oxygen atoms in total. The number of H-pyrrole nitrogens is 1. The molecule has 4 rings (SSSR count). The Morgan fingerprint density at radius 3 is 3.00 bits per heavy atom. The normalized spacial score (nSPS) is 12.5. The van der Waals surface area contributed by atoms with Crippen molar-refractivity contribution < 1.29 is 4.74 Å². The van der Waals surface area contributed by atoms with Gasteiger partial charge in [0.2, 0.25) is 5.95 Å². The van der Waals surface area contributed by atoms with E-state index < -0.39 is 0 Å². The summed E-state index contributed by atoms with van der Waals surface area (Å²) in [6.07, 6.45) is 2.14. The van der Waals surface area contributed by atoms with E-state index in [2.05, 4.69) is 20.3 Å². The van der Waals surface area contributed by atoms with E-state index in [4.69, 9.17) is 10.5 Å². The van der Waals surface area contributed by atoms with Gasteiger partial charge in [-0.2, -0.15) is 0 Å². The predicted molar refractivity (Wildman–Crippen MR) is 94.4 cm³/mol. The third-order valence-corrected chi connectivity index (χ3v) is 4.18. The Kier molecular flexibility index (Phi) is 3.81. The number of nitrogen functional groups attached to an aromatic ring is 1. The van der Waals surface area contributed by atoms with E-state index in [0.29, 0.717) is 36.0 Å². The van der Waals surface area contributed by atoms with Crippen molar-refractivity contribution in [2.45, 2.75) is 19.6 Å². The summed E-state index contributed by atoms with van der Waals surface area (Å²) in [6, 6.07) is 11.4. The molecule has 1 aromatic carbocycles. The molecule has 25 heavy (non-hydrogen) atoms. The monoisotopic (exact) mass is 335 g/mol. The largest absolute Gasteiger partial charge is 0.487 e. The molecule has 126 valence electrons. The molecule has 4 N–H and O–H groups in total. The van der Waals surface area contributed by atoms with Crippen LogP contribution in [-0.2, 0) is 19.6 Å². The number of benzene rings is 1. The number of anilines is 2. The zero-order chi connectivity index (χ0) is 17.2. The summed E-state index contributed by atoms with van der Waals surface area (Å²) >= 11 is 0. The molecule has 0 amide bonds. The molecule has 7 heteroatoms. The summed E-state index contributed by atoms with van der Waals surface area (Å²) in [4.78, 5) is 23.8. The van der Waals surface area contributed by atoms with Crippen LogP contribution in [0.5, 0.6) is 5.75 Å². The average Bonchev–Trinajstić information content (AvgIpc) is 2.81. The van der Waals surface area contributed by atoms with Gasteiger partial charge in [-0.1, -0.05) is 24.3 Å². The Morgan fingerprint density at radius 1 is 1.24 bits per heavy atom. The first-order valence-electron chi connectivity index (χ1n) is 7.97. The minimum absolute atomic E-state index is 0.160. The molecule has 3 aromatic rings. The third kappa shape index (κ3) is 3.03. The van der Waals surface area contributed by atoms with Gasteiger partial charge in [-0.05, 0) is 17.7 Å². The summed E-state index contributed by atoms with van der Waals surface area (Å²) in [7, 11) is 0. The van der Waals surface area contributed by atoms with E-state index in [1.165, 1.54) is 0 Å². The second kappa shape index (κ2) is 6.27. The number of fused-ring (bicyclic) bond motifs is 2. The van der Waals surface area contributed by atoms with Crippen LogP contribution in [0.15, 0.2) is 47.4 Å². The highest BCUT2D eigenvalue weighted by atomic mass is 16.5. The standard InChI is InChI=1S/C18H17N5O2/c19-16-12(5-3-7-20-16)9-21-18-22-14-10-25-15-6-2-1-4-11(15)8-13(14)17(24)23-18/h1-7H,8-10H2,(H2,19,20)(H2,21,22,23,24). The zero-order valence-corrected chi connectivity index (χ0v) is 13.5. The van der Waals surface area contributed by atoms with Crippen LogP contribution in [0.1, 0.15) is 22.4 Å². The number of ether oxygens (including phenoxy) is 1. The lowest BCUT2D eigenvalue weighted by molar-refractivity contribution is 0.302. The van der Waals surface area contributed by atoms with Gasteiger partial charge in [0.15, 0.2) is 0 Å². The summed E-state index contributed by atoms with van der Waals surface area (Å²) < 4.78 is 5.79. The molecule has 0 atom stereocenters. The van der Waals surface area contributed by atoms with Crippen LogP contribution in [-0.4, -0.2) is 15.0 Å². The van der Waals surface area contributed by atoms with Crippen LogP contribution in [0.3, 0.4) is 0 Å². The van der Waals surface area contributed by atoms with Gasteiger partial charge in [-0.3, -0.25) is 9.78 Å². The van der Waals surface area contributed by atoms with E-state index >= 15 is 0 Å².